The fourth-order valence-corrected chi connectivity index (χ4v) is 0. The smallest absolute Gasteiger partial charge is 0.0609 e. The molecule has 0 radical (unpaired) electrons. The predicted octanol–water partition coefficient (Wildman–Crippen LogP) is 0.492. The van der Waals surface area contributed by atoms with Crippen LogP contribution in [0.4, 0.5) is 0 Å². The number of aliphatic hydroxyl groups excluding tert-OH is 3. The van der Waals surface area contributed by atoms with Crippen LogP contribution in [-0.4, -0.2) is 35.1 Å². The Morgan fingerprint density at radius 2 is 0.769 bits per heavy atom. The van der Waals surface area contributed by atoms with Crippen molar-refractivity contribution in [3.8, 4) is 0 Å². The van der Waals surface area contributed by atoms with Gasteiger partial charge in [0, 0.05) is 21.7 Å². The van der Waals surface area contributed by atoms with Gasteiger partial charge in [-0.1, -0.05) is 18.2 Å². The van der Waals surface area contributed by atoms with Crippen molar-refractivity contribution in [1.29, 1.82) is 0 Å². The fraction of sp³-hybridized carbons (Fsp3) is 0.333. The van der Waals surface area contributed by atoms with Crippen LogP contribution in [0.3, 0.4) is 0 Å². The predicted molar refractivity (Wildman–Crippen MR) is 51.8 cm³/mol. The van der Waals surface area contributed by atoms with Gasteiger partial charge in [0.2, 0.25) is 0 Å². The van der Waals surface area contributed by atoms with E-state index in [0.29, 0.717) is 0 Å². The van der Waals surface area contributed by atoms with E-state index < -0.39 is 0 Å². The van der Waals surface area contributed by atoms with Crippen molar-refractivity contribution in [3.63, 3.8) is 0 Å². The zero-order valence-electron chi connectivity index (χ0n) is 7.82. The molecule has 0 aliphatic carbocycles. The maximum atomic E-state index is 7.76. The first-order valence-corrected chi connectivity index (χ1v) is 3.40. The molecule has 3 N–H and O–H groups in total. The van der Waals surface area contributed by atoms with Crippen molar-refractivity contribution in [3.05, 3.63) is 38.0 Å². The average molecular weight is 222 g/mol. The van der Waals surface area contributed by atoms with Crippen molar-refractivity contribution < 1.29 is 37.0 Å². The SMILES string of the molecule is C=CCO.C=CCO.C=CCO.[Ti]. The summed E-state index contributed by atoms with van der Waals surface area (Å²) in [5, 5.41) is 23.3. The molecule has 0 spiro atoms. The van der Waals surface area contributed by atoms with Gasteiger partial charge in [-0.25, -0.2) is 0 Å². The Labute approximate surface area is 95.0 Å². The minimum atomic E-state index is 0. The molecule has 4 heteroatoms. The summed E-state index contributed by atoms with van der Waals surface area (Å²) in [7, 11) is 0. The van der Waals surface area contributed by atoms with Crippen molar-refractivity contribution in [1.82, 2.24) is 0 Å². The molecule has 0 amide bonds. The molecule has 76 valence electrons. The van der Waals surface area contributed by atoms with Crippen LogP contribution in [-0.2, 0) is 21.7 Å². The van der Waals surface area contributed by atoms with Gasteiger partial charge in [-0.05, 0) is 0 Å². The first-order valence-electron chi connectivity index (χ1n) is 3.40. The molecule has 0 aromatic carbocycles. The summed E-state index contributed by atoms with van der Waals surface area (Å²) in [5.74, 6) is 0. The molecule has 0 aliphatic rings. The van der Waals surface area contributed by atoms with Crippen LogP contribution in [0, 0.1) is 0 Å². The number of aliphatic hydroxyl groups is 3. The fourth-order valence-electron chi connectivity index (χ4n) is 0. The minimum Gasteiger partial charge on any atom is -0.392 e. The summed E-state index contributed by atoms with van der Waals surface area (Å²) >= 11 is 0. The second kappa shape index (κ2) is 40.9. The van der Waals surface area contributed by atoms with Crippen LogP contribution in [0.1, 0.15) is 0 Å². The monoisotopic (exact) mass is 222 g/mol. The van der Waals surface area contributed by atoms with Crippen LogP contribution in [0.15, 0.2) is 38.0 Å². The third kappa shape index (κ3) is 144. The van der Waals surface area contributed by atoms with Crippen LogP contribution in [0.2, 0.25) is 0 Å². The second-order valence-electron chi connectivity index (χ2n) is 1.41. The van der Waals surface area contributed by atoms with Crippen LogP contribution in [0.25, 0.3) is 0 Å². The van der Waals surface area contributed by atoms with Gasteiger partial charge < -0.3 is 15.3 Å². The Balaban J connectivity index is -0.0000000450. The zero-order chi connectivity index (χ0) is 10.2. The van der Waals surface area contributed by atoms with Gasteiger partial charge in [0.05, 0.1) is 19.8 Å². The van der Waals surface area contributed by atoms with Crippen molar-refractivity contribution in [2.45, 2.75) is 0 Å². The molecular formula is C9H18O3Ti. The first-order chi connectivity index (χ1) is 5.74. The van der Waals surface area contributed by atoms with Crippen molar-refractivity contribution >= 4 is 0 Å². The molecule has 0 aliphatic heterocycles. The van der Waals surface area contributed by atoms with Gasteiger partial charge in [-0.15, -0.1) is 19.7 Å². The molecule has 13 heavy (non-hydrogen) atoms. The van der Waals surface area contributed by atoms with Crippen molar-refractivity contribution in [2.75, 3.05) is 19.8 Å². The molecule has 0 saturated heterocycles. The summed E-state index contributed by atoms with van der Waals surface area (Å²) in [6.07, 6.45) is 4.29. The van der Waals surface area contributed by atoms with Gasteiger partial charge in [0.25, 0.3) is 0 Å². The van der Waals surface area contributed by atoms with Gasteiger partial charge in [0.15, 0.2) is 0 Å². The number of rotatable bonds is 3. The Bertz CT molecular complexity index is 75.8. The van der Waals surface area contributed by atoms with Crippen LogP contribution < -0.4 is 0 Å². The molecule has 0 saturated carbocycles. The topological polar surface area (TPSA) is 60.7 Å². The second-order valence-corrected chi connectivity index (χ2v) is 1.41. The number of hydrogen-bond acceptors (Lipinski definition) is 3. The van der Waals surface area contributed by atoms with Crippen LogP contribution in [0.5, 0.6) is 0 Å². The number of hydrogen-bond donors (Lipinski definition) is 3. The Hall–Kier alpha value is -0.186. The van der Waals surface area contributed by atoms with Crippen LogP contribution >= 0.6 is 0 Å². The van der Waals surface area contributed by atoms with Gasteiger partial charge in [0.1, 0.15) is 0 Å². The largest absolute Gasteiger partial charge is 0.392 e. The molecule has 0 unspecified atom stereocenters. The normalized spacial score (nSPS) is 5.77. The van der Waals surface area contributed by atoms with E-state index in [4.69, 9.17) is 15.3 Å². The Morgan fingerprint density at radius 1 is 0.692 bits per heavy atom. The summed E-state index contributed by atoms with van der Waals surface area (Å²) in [6.45, 7) is 9.94. The average Bonchev–Trinajstić information content (AvgIpc) is 2.18. The Kier molecular flexibility index (Phi) is 72.4. The van der Waals surface area contributed by atoms with E-state index in [1.807, 2.05) is 0 Å². The van der Waals surface area contributed by atoms with E-state index in [1.165, 1.54) is 18.2 Å². The third-order valence-corrected chi connectivity index (χ3v) is 0.387. The van der Waals surface area contributed by atoms with Crippen molar-refractivity contribution in [2.24, 2.45) is 0 Å². The molecule has 0 fully saturated rings. The molecule has 0 atom stereocenters. The van der Waals surface area contributed by atoms with Gasteiger partial charge in [-0.3, -0.25) is 0 Å². The van der Waals surface area contributed by atoms with E-state index in [0.717, 1.165) is 0 Å². The van der Waals surface area contributed by atoms with E-state index in [-0.39, 0.29) is 41.5 Å². The van der Waals surface area contributed by atoms with Gasteiger partial charge in [-0.2, -0.15) is 0 Å². The maximum absolute atomic E-state index is 7.76. The molecule has 3 nitrogen and oxygen atoms in total. The molecule has 0 aromatic rings. The minimum absolute atomic E-state index is 0. The van der Waals surface area contributed by atoms with Gasteiger partial charge >= 0.3 is 0 Å². The third-order valence-electron chi connectivity index (χ3n) is 0.387. The summed E-state index contributed by atoms with van der Waals surface area (Å²) < 4.78 is 0. The summed E-state index contributed by atoms with van der Waals surface area (Å²) in [4.78, 5) is 0. The van der Waals surface area contributed by atoms with E-state index >= 15 is 0 Å². The standard InChI is InChI=1S/3C3H6O.Ti/c3*1-2-3-4;/h3*2,4H,1,3H2;. The zero-order valence-corrected chi connectivity index (χ0v) is 9.38. The van der Waals surface area contributed by atoms with E-state index in [9.17, 15) is 0 Å². The Morgan fingerprint density at radius 3 is 0.769 bits per heavy atom. The first kappa shape index (κ1) is 23.0. The molecule has 0 rings (SSSR count). The van der Waals surface area contributed by atoms with E-state index in [2.05, 4.69) is 19.7 Å². The summed E-state index contributed by atoms with van der Waals surface area (Å²) in [6, 6.07) is 0. The quantitative estimate of drug-likeness (QED) is 0.481. The molecule has 0 bridgehead atoms. The van der Waals surface area contributed by atoms with E-state index in [1.54, 1.807) is 0 Å². The molecular weight excluding hydrogens is 204 g/mol. The molecule has 0 aromatic heterocycles. The summed E-state index contributed by atoms with van der Waals surface area (Å²) in [5.41, 5.74) is 0. The maximum Gasteiger partial charge on any atom is 0.0609 e. The molecule has 0 heterocycles.